The maximum Gasteiger partial charge on any atom is 0.306 e. The molecule has 9 nitrogen and oxygen atoms in total. The first kappa shape index (κ1) is 83.2. The van der Waals surface area contributed by atoms with Gasteiger partial charge in [0.2, 0.25) is 0 Å². The molecule has 0 spiro atoms. The van der Waals surface area contributed by atoms with Crippen LogP contribution in [0.5, 0.6) is 0 Å². The smallest absolute Gasteiger partial charge is 0.306 e. The second kappa shape index (κ2) is 66.6. The first-order valence-corrected chi connectivity index (χ1v) is 38.7. The number of nitrogens with zero attached hydrogens (tertiary/aromatic N) is 1. The molecule has 10 heteroatoms. The maximum atomic E-state index is 12.8. The van der Waals surface area contributed by atoms with Gasteiger partial charge in [-0.1, -0.05) is 352 Å². The van der Waals surface area contributed by atoms with E-state index in [1.165, 1.54) is 276 Å². The zero-order valence-corrected chi connectivity index (χ0v) is 58.2. The highest BCUT2D eigenvalue weighted by Gasteiger charge is 2.22. The van der Waals surface area contributed by atoms with E-state index in [4.69, 9.17) is 18.5 Å². The van der Waals surface area contributed by atoms with Crippen LogP contribution in [0.25, 0.3) is 0 Å². The summed E-state index contributed by atoms with van der Waals surface area (Å²) >= 11 is 0. The van der Waals surface area contributed by atoms with E-state index >= 15 is 0 Å². The van der Waals surface area contributed by atoms with Crippen molar-refractivity contribution in [3.8, 4) is 0 Å². The number of esters is 2. The number of allylic oxidation sites excluding steroid dienone is 6. The SMILES string of the molecule is CCCCCCC/C=C\C/C=C\C/C=C\CCCCCCCCC(=O)OC(COC(=O)CCCCCCCCCCCCCCCCCCCCCCCCCCCCCCCCCCCCCCCCCC)COP(=O)([O-])OCC[N+](C)(C)C. The van der Waals surface area contributed by atoms with E-state index in [0.717, 1.165) is 70.6 Å². The van der Waals surface area contributed by atoms with E-state index in [1.807, 2.05) is 21.1 Å². The highest BCUT2D eigenvalue weighted by Crippen LogP contribution is 2.38. The van der Waals surface area contributed by atoms with Crippen molar-refractivity contribution in [1.29, 1.82) is 0 Å². The Kier molecular flexibility index (Phi) is 65.3. The van der Waals surface area contributed by atoms with Crippen LogP contribution in [0.3, 0.4) is 0 Å². The topological polar surface area (TPSA) is 111 Å². The van der Waals surface area contributed by atoms with Crippen LogP contribution in [0.4, 0.5) is 0 Å². The van der Waals surface area contributed by atoms with Gasteiger partial charge >= 0.3 is 11.9 Å². The number of hydrogen-bond donors (Lipinski definition) is 0. The van der Waals surface area contributed by atoms with Crippen molar-refractivity contribution in [3.05, 3.63) is 36.5 Å². The summed E-state index contributed by atoms with van der Waals surface area (Å²) < 4.78 is 34.3. The van der Waals surface area contributed by atoms with Crippen LogP contribution in [0, 0.1) is 0 Å². The van der Waals surface area contributed by atoms with Gasteiger partial charge < -0.3 is 27.9 Å². The second-order valence-electron chi connectivity index (χ2n) is 26.7. The van der Waals surface area contributed by atoms with Crippen LogP contribution in [0.15, 0.2) is 36.5 Å². The van der Waals surface area contributed by atoms with Crippen LogP contribution < -0.4 is 4.89 Å². The average Bonchev–Trinajstić information content (AvgIpc) is 3.49. The summed E-state index contributed by atoms with van der Waals surface area (Å²) in [6.07, 6.45) is 85.5. The number of hydrogen-bond acceptors (Lipinski definition) is 8. The van der Waals surface area contributed by atoms with Crippen LogP contribution >= 0.6 is 7.82 Å². The van der Waals surface area contributed by atoms with E-state index in [9.17, 15) is 19.0 Å². The second-order valence-corrected chi connectivity index (χ2v) is 28.1. The Balaban J connectivity index is 3.88. The normalized spacial score (nSPS) is 13.2. The lowest BCUT2D eigenvalue weighted by Gasteiger charge is -2.28. The van der Waals surface area contributed by atoms with Gasteiger partial charge in [0.1, 0.15) is 19.8 Å². The zero-order valence-electron chi connectivity index (χ0n) is 57.3. The Morgan fingerprint density at radius 3 is 0.941 bits per heavy atom. The Labute approximate surface area is 529 Å². The molecule has 0 aromatic heterocycles. The third kappa shape index (κ3) is 71.2. The number of phosphoric ester groups is 1. The Morgan fingerprint density at radius 1 is 0.365 bits per heavy atom. The van der Waals surface area contributed by atoms with Crippen LogP contribution in [0.2, 0.25) is 0 Å². The van der Waals surface area contributed by atoms with Gasteiger partial charge in [-0.25, -0.2) is 0 Å². The van der Waals surface area contributed by atoms with E-state index in [1.54, 1.807) is 0 Å². The largest absolute Gasteiger partial charge is 0.756 e. The quantitative estimate of drug-likeness (QED) is 0.0195. The minimum atomic E-state index is -4.64. The van der Waals surface area contributed by atoms with E-state index in [-0.39, 0.29) is 32.0 Å². The molecule has 2 atom stereocenters. The van der Waals surface area contributed by atoms with Crippen molar-refractivity contribution in [1.82, 2.24) is 0 Å². The molecule has 0 fully saturated rings. The molecule has 0 N–H and O–H groups in total. The summed E-state index contributed by atoms with van der Waals surface area (Å²) in [4.78, 5) is 38.0. The first-order valence-electron chi connectivity index (χ1n) is 37.2. The molecule has 0 radical (unpaired) electrons. The summed E-state index contributed by atoms with van der Waals surface area (Å²) in [6, 6.07) is 0. The van der Waals surface area contributed by atoms with E-state index < -0.39 is 26.5 Å². The van der Waals surface area contributed by atoms with E-state index in [2.05, 4.69) is 50.3 Å². The minimum Gasteiger partial charge on any atom is -0.756 e. The number of ether oxygens (including phenoxy) is 2. The molecule has 0 amide bonds. The van der Waals surface area contributed by atoms with Crippen LogP contribution in [0.1, 0.15) is 380 Å². The van der Waals surface area contributed by atoms with Crippen molar-refractivity contribution < 1.29 is 42.1 Å². The number of unbranched alkanes of at least 4 members (excludes halogenated alkanes) is 50. The summed E-state index contributed by atoms with van der Waals surface area (Å²) in [5, 5.41) is 0. The molecule has 0 saturated carbocycles. The Bertz CT molecular complexity index is 1530. The summed E-state index contributed by atoms with van der Waals surface area (Å²) in [5.41, 5.74) is 0. The number of likely N-dealkylation sites (N-methyl/N-ethyl adjacent to an activating group) is 1. The number of rotatable bonds is 70. The van der Waals surface area contributed by atoms with Gasteiger partial charge in [-0.3, -0.25) is 14.2 Å². The maximum absolute atomic E-state index is 12.8. The van der Waals surface area contributed by atoms with Crippen molar-refractivity contribution in [2.24, 2.45) is 0 Å². The van der Waals surface area contributed by atoms with Crippen molar-refractivity contribution in [2.75, 3.05) is 47.5 Å². The molecular weight excluding hydrogens is 1070 g/mol. The molecule has 0 aliphatic rings. The van der Waals surface area contributed by atoms with Gasteiger partial charge in [0.15, 0.2) is 6.10 Å². The monoisotopic (exact) mass is 1220 g/mol. The van der Waals surface area contributed by atoms with Crippen molar-refractivity contribution in [2.45, 2.75) is 386 Å². The molecule has 0 aliphatic carbocycles. The summed E-state index contributed by atoms with van der Waals surface area (Å²) in [6.45, 7) is 4.27. The zero-order chi connectivity index (χ0) is 61.9. The predicted octanol–water partition coefficient (Wildman–Crippen LogP) is 23.6. The molecular formula is C75H144NO8P. The molecule has 0 aromatic rings. The van der Waals surface area contributed by atoms with Gasteiger partial charge in [0, 0.05) is 12.8 Å². The molecule has 0 saturated heterocycles. The molecule has 0 aliphatic heterocycles. The fourth-order valence-corrected chi connectivity index (χ4v) is 11.9. The van der Waals surface area contributed by atoms with Gasteiger partial charge in [-0.15, -0.1) is 0 Å². The summed E-state index contributed by atoms with van der Waals surface area (Å²) in [5.74, 6) is -0.831. The Morgan fingerprint density at radius 2 is 0.635 bits per heavy atom. The third-order valence-electron chi connectivity index (χ3n) is 16.9. The first-order chi connectivity index (χ1) is 41.5. The standard InChI is InChI=1S/C75H144NO8P/c1-6-8-10-12-14-16-18-20-22-24-26-28-29-30-31-32-33-34-35-36-37-38-39-40-41-42-43-44-45-46-48-49-51-53-55-57-59-61-63-65-67-74(77)81-71-73(72-83-85(79,80)82-70-69-76(3,4)5)84-75(78)68-66-64-62-60-58-56-54-52-50-47-27-25-23-21-19-17-15-13-11-9-7-2/h19,21,25,27,50,52,73H,6-18,20,22-24,26,28-49,51,53-72H2,1-5H3/b21-19-,27-25-,52-50-. The fourth-order valence-electron chi connectivity index (χ4n) is 11.2. The molecule has 2 unspecified atom stereocenters. The number of phosphoric acid groups is 1. The van der Waals surface area contributed by atoms with Gasteiger partial charge in [-0.05, 0) is 51.4 Å². The minimum absolute atomic E-state index is 0.0323. The van der Waals surface area contributed by atoms with Gasteiger partial charge in [0.05, 0.1) is 27.7 Å². The van der Waals surface area contributed by atoms with E-state index in [0.29, 0.717) is 17.4 Å². The van der Waals surface area contributed by atoms with Crippen molar-refractivity contribution >= 4 is 19.8 Å². The lowest BCUT2D eigenvalue weighted by atomic mass is 10.0. The van der Waals surface area contributed by atoms with Gasteiger partial charge in [-0.2, -0.15) is 0 Å². The Hall–Kier alpha value is -1.77. The number of quaternary nitrogens is 1. The molecule has 0 heterocycles. The van der Waals surface area contributed by atoms with Gasteiger partial charge in [0.25, 0.3) is 7.82 Å². The number of carbonyl (C=O) groups is 2. The van der Waals surface area contributed by atoms with Crippen LogP contribution in [-0.2, 0) is 32.7 Å². The highest BCUT2D eigenvalue weighted by atomic mass is 31.2. The summed E-state index contributed by atoms with van der Waals surface area (Å²) in [7, 11) is 1.17. The fraction of sp³-hybridized carbons (Fsp3) is 0.893. The van der Waals surface area contributed by atoms with Crippen LogP contribution in [-0.4, -0.2) is 70.0 Å². The third-order valence-corrected chi connectivity index (χ3v) is 17.9. The number of carbonyl (C=O) groups excluding carboxylic acids is 2. The lowest BCUT2D eigenvalue weighted by molar-refractivity contribution is -0.870. The molecule has 85 heavy (non-hydrogen) atoms. The van der Waals surface area contributed by atoms with Crippen molar-refractivity contribution in [3.63, 3.8) is 0 Å². The average molecular weight is 1220 g/mol. The predicted molar refractivity (Wildman–Crippen MR) is 365 cm³/mol. The molecule has 0 aromatic carbocycles. The molecule has 502 valence electrons. The highest BCUT2D eigenvalue weighted by molar-refractivity contribution is 7.45. The molecule has 0 rings (SSSR count). The molecule has 0 bridgehead atoms. The lowest BCUT2D eigenvalue weighted by Crippen LogP contribution is -2.37.